The predicted molar refractivity (Wildman–Crippen MR) is 115 cm³/mol. The lowest BCUT2D eigenvalue weighted by molar-refractivity contribution is 0.0925. The smallest absolute Gasteiger partial charge is 0.251 e. The second kappa shape index (κ2) is 11.6. The first-order valence-corrected chi connectivity index (χ1v) is 9.49. The minimum atomic E-state index is -0.137. The van der Waals surface area contributed by atoms with Gasteiger partial charge in [-0.2, -0.15) is 0 Å². The highest BCUT2D eigenvalue weighted by Crippen LogP contribution is 2.33. The number of nitrogens with two attached hydrogens (primary N) is 1. The third kappa shape index (κ3) is 6.14. The topological polar surface area (TPSA) is 73.6 Å². The van der Waals surface area contributed by atoms with Gasteiger partial charge in [-0.05, 0) is 55.2 Å². The Morgan fingerprint density at radius 2 is 1.61 bits per heavy atom. The van der Waals surface area contributed by atoms with Crippen molar-refractivity contribution in [2.45, 2.75) is 40.3 Å². The van der Waals surface area contributed by atoms with Crippen molar-refractivity contribution >= 4 is 18.3 Å². The van der Waals surface area contributed by atoms with Gasteiger partial charge in [0.1, 0.15) is 0 Å². The lowest BCUT2D eigenvalue weighted by Gasteiger charge is -2.24. The van der Waals surface area contributed by atoms with Gasteiger partial charge in [-0.3, -0.25) is 4.79 Å². The maximum absolute atomic E-state index is 12.7. The normalized spacial score (nSPS) is 11.5. The van der Waals surface area contributed by atoms with Crippen LogP contribution in [0.2, 0.25) is 0 Å². The van der Waals surface area contributed by atoms with Crippen LogP contribution < -0.4 is 20.5 Å². The maximum Gasteiger partial charge on any atom is 0.251 e. The molecule has 2 aromatic carbocycles. The van der Waals surface area contributed by atoms with Gasteiger partial charge >= 0.3 is 0 Å². The molecule has 5 nitrogen and oxygen atoms in total. The maximum atomic E-state index is 12.7. The summed E-state index contributed by atoms with van der Waals surface area (Å²) in [6.45, 7) is 9.63. The van der Waals surface area contributed by atoms with Crippen LogP contribution in [-0.4, -0.2) is 19.1 Å². The lowest BCUT2D eigenvalue weighted by atomic mass is 9.95. The summed E-state index contributed by atoms with van der Waals surface area (Å²) < 4.78 is 11.4. The van der Waals surface area contributed by atoms with Crippen LogP contribution in [-0.2, 0) is 6.54 Å². The molecular formula is C22H31ClN2O3. The van der Waals surface area contributed by atoms with Crippen molar-refractivity contribution in [3.8, 4) is 11.5 Å². The Bertz CT molecular complexity index is 748. The number of benzene rings is 2. The number of carbonyl (C=O) groups is 1. The van der Waals surface area contributed by atoms with Crippen molar-refractivity contribution in [2.24, 2.45) is 11.7 Å². The first kappa shape index (κ1) is 23.8. The molecule has 154 valence electrons. The molecule has 0 aliphatic rings. The van der Waals surface area contributed by atoms with E-state index in [-0.39, 0.29) is 30.3 Å². The molecule has 0 saturated carbocycles. The summed E-state index contributed by atoms with van der Waals surface area (Å²) in [5.74, 6) is 1.52. The summed E-state index contributed by atoms with van der Waals surface area (Å²) in [5.41, 5.74) is 8.23. The van der Waals surface area contributed by atoms with E-state index >= 15 is 0 Å². The molecule has 0 aliphatic carbocycles. The largest absolute Gasteiger partial charge is 0.490 e. The van der Waals surface area contributed by atoms with Crippen LogP contribution in [0.1, 0.15) is 55.2 Å². The molecule has 1 amide bonds. The first-order valence-electron chi connectivity index (χ1n) is 9.49. The predicted octanol–water partition coefficient (Wildman–Crippen LogP) is 4.49. The third-order valence-corrected chi connectivity index (χ3v) is 4.33. The number of carbonyl (C=O) groups excluding carboxylic acids is 1. The average Bonchev–Trinajstić information content (AvgIpc) is 2.67. The van der Waals surface area contributed by atoms with Gasteiger partial charge in [0.25, 0.3) is 5.91 Å². The van der Waals surface area contributed by atoms with Crippen molar-refractivity contribution in [2.75, 3.05) is 13.2 Å². The van der Waals surface area contributed by atoms with E-state index in [1.54, 1.807) is 12.1 Å². The van der Waals surface area contributed by atoms with E-state index in [0.29, 0.717) is 36.8 Å². The molecule has 0 fully saturated rings. The van der Waals surface area contributed by atoms with Gasteiger partial charge in [0.2, 0.25) is 0 Å². The van der Waals surface area contributed by atoms with E-state index < -0.39 is 0 Å². The molecule has 6 heteroatoms. The molecule has 1 atom stereocenters. The van der Waals surface area contributed by atoms with Crippen LogP contribution in [0.4, 0.5) is 0 Å². The van der Waals surface area contributed by atoms with E-state index in [1.165, 1.54) is 0 Å². The zero-order chi connectivity index (χ0) is 19.8. The highest BCUT2D eigenvalue weighted by Gasteiger charge is 2.21. The Morgan fingerprint density at radius 1 is 1.00 bits per heavy atom. The first-order chi connectivity index (χ1) is 13.0. The molecule has 0 aromatic heterocycles. The zero-order valence-electron chi connectivity index (χ0n) is 17.0. The molecule has 3 N–H and O–H groups in total. The van der Waals surface area contributed by atoms with Crippen molar-refractivity contribution in [1.82, 2.24) is 5.32 Å². The second-order valence-corrected chi connectivity index (χ2v) is 6.67. The van der Waals surface area contributed by atoms with Crippen LogP contribution in [0.25, 0.3) is 0 Å². The van der Waals surface area contributed by atoms with Crippen molar-refractivity contribution in [3.63, 3.8) is 0 Å². The Hall–Kier alpha value is -2.24. The van der Waals surface area contributed by atoms with Crippen LogP contribution in [0.5, 0.6) is 11.5 Å². The van der Waals surface area contributed by atoms with Crippen LogP contribution in [0.3, 0.4) is 0 Å². The van der Waals surface area contributed by atoms with E-state index in [0.717, 1.165) is 11.1 Å². The number of hydrogen-bond acceptors (Lipinski definition) is 4. The molecule has 0 aliphatic heterocycles. The Kier molecular flexibility index (Phi) is 9.83. The van der Waals surface area contributed by atoms with Crippen molar-refractivity contribution < 1.29 is 14.3 Å². The van der Waals surface area contributed by atoms with Gasteiger partial charge in [-0.1, -0.05) is 32.0 Å². The molecule has 0 spiro atoms. The zero-order valence-corrected chi connectivity index (χ0v) is 17.8. The number of nitrogens with one attached hydrogen (secondary N) is 1. The molecule has 0 radical (unpaired) electrons. The molecular weight excluding hydrogens is 376 g/mol. The van der Waals surface area contributed by atoms with Crippen LogP contribution >= 0.6 is 12.4 Å². The Balaban J connectivity index is 0.00000392. The van der Waals surface area contributed by atoms with Gasteiger partial charge in [-0.15, -0.1) is 12.4 Å². The fourth-order valence-corrected chi connectivity index (χ4v) is 2.91. The minimum Gasteiger partial charge on any atom is -0.490 e. The second-order valence-electron chi connectivity index (χ2n) is 6.67. The van der Waals surface area contributed by atoms with Gasteiger partial charge < -0.3 is 20.5 Å². The third-order valence-electron chi connectivity index (χ3n) is 4.33. The van der Waals surface area contributed by atoms with Gasteiger partial charge in [0.05, 0.1) is 19.3 Å². The Morgan fingerprint density at radius 3 is 2.14 bits per heavy atom. The number of rotatable bonds is 9. The molecule has 0 saturated heterocycles. The summed E-state index contributed by atoms with van der Waals surface area (Å²) in [5, 5.41) is 3.14. The van der Waals surface area contributed by atoms with Crippen molar-refractivity contribution in [3.05, 3.63) is 59.2 Å². The van der Waals surface area contributed by atoms with E-state index in [1.807, 2.05) is 44.2 Å². The van der Waals surface area contributed by atoms with Gasteiger partial charge in [0, 0.05) is 12.1 Å². The molecule has 1 unspecified atom stereocenters. The van der Waals surface area contributed by atoms with Crippen LogP contribution in [0.15, 0.2) is 42.5 Å². The summed E-state index contributed by atoms with van der Waals surface area (Å²) >= 11 is 0. The minimum absolute atomic E-state index is 0. The highest BCUT2D eigenvalue weighted by molar-refractivity contribution is 5.94. The lowest BCUT2D eigenvalue weighted by Crippen LogP contribution is -2.31. The summed E-state index contributed by atoms with van der Waals surface area (Å²) in [4.78, 5) is 12.7. The van der Waals surface area contributed by atoms with E-state index in [4.69, 9.17) is 15.2 Å². The molecule has 0 heterocycles. The number of amides is 1. The van der Waals surface area contributed by atoms with E-state index in [9.17, 15) is 4.79 Å². The molecule has 2 aromatic rings. The standard InChI is InChI=1S/C22H30N2O3.ClH/c1-5-26-19-12-11-18(13-20(19)27-6-2)21(15(3)4)24-22(25)17-9-7-16(14-23)8-10-17;/h7-13,15,21H,5-6,14,23H2,1-4H3,(H,24,25);1H. The summed E-state index contributed by atoms with van der Waals surface area (Å²) in [7, 11) is 0. The highest BCUT2D eigenvalue weighted by atomic mass is 35.5. The number of ether oxygens (including phenoxy) is 2. The Labute approximate surface area is 174 Å². The fraction of sp³-hybridized carbons (Fsp3) is 0.409. The summed E-state index contributed by atoms with van der Waals surface area (Å²) in [6.07, 6.45) is 0. The van der Waals surface area contributed by atoms with Crippen LogP contribution in [0, 0.1) is 5.92 Å². The molecule has 28 heavy (non-hydrogen) atoms. The molecule has 2 rings (SSSR count). The number of hydrogen-bond donors (Lipinski definition) is 2. The SMILES string of the molecule is CCOc1ccc(C(NC(=O)c2ccc(CN)cc2)C(C)C)cc1OCC.Cl. The van der Waals surface area contributed by atoms with Crippen molar-refractivity contribution in [1.29, 1.82) is 0 Å². The van der Waals surface area contributed by atoms with E-state index in [2.05, 4.69) is 19.2 Å². The quantitative estimate of drug-likeness (QED) is 0.643. The number of halogens is 1. The van der Waals surface area contributed by atoms with Gasteiger partial charge in [-0.25, -0.2) is 0 Å². The van der Waals surface area contributed by atoms with Gasteiger partial charge in [0.15, 0.2) is 11.5 Å². The summed E-state index contributed by atoms with van der Waals surface area (Å²) in [6, 6.07) is 13.1. The fourth-order valence-electron chi connectivity index (χ4n) is 2.91. The molecule has 0 bridgehead atoms. The monoisotopic (exact) mass is 406 g/mol. The average molecular weight is 407 g/mol.